The highest BCUT2D eigenvalue weighted by atomic mass is 32.2. The van der Waals surface area contributed by atoms with Gasteiger partial charge in [-0.1, -0.05) is 26.1 Å². The van der Waals surface area contributed by atoms with Gasteiger partial charge < -0.3 is 5.32 Å². The van der Waals surface area contributed by atoms with Crippen LogP contribution in [-0.4, -0.2) is 19.2 Å². The second-order valence-electron chi connectivity index (χ2n) is 4.68. The van der Waals surface area contributed by atoms with E-state index in [0.29, 0.717) is 5.69 Å². The van der Waals surface area contributed by atoms with Gasteiger partial charge in [0.15, 0.2) is 11.7 Å². The summed E-state index contributed by atoms with van der Waals surface area (Å²) in [4.78, 5) is 11.9. The summed E-state index contributed by atoms with van der Waals surface area (Å²) in [7, 11) is -3.76. The Morgan fingerprint density at radius 2 is 1.86 bits per heavy atom. The van der Waals surface area contributed by atoms with E-state index in [9.17, 15) is 13.2 Å². The number of carbonyl (C=O) groups is 1. The molecule has 1 atom stereocenters. The third kappa shape index (κ3) is 4.60. The van der Waals surface area contributed by atoms with Gasteiger partial charge in [0.25, 0.3) is 0 Å². The minimum absolute atomic E-state index is 0.0333. The number of sulfonamides is 1. The molecule has 0 bridgehead atoms. The molecule has 8 heteroatoms. The lowest BCUT2D eigenvalue weighted by atomic mass is 9.96. The Bertz CT molecular complexity index is 688. The number of primary sulfonamides is 1. The molecular formula is C13H15N3O3S2. The zero-order chi connectivity index (χ0) is 16.2. The Labute approximate surface area is 129 Å². The zero-order valence-corrected chi connectivity index (χ0v) is 13.2. The Morgan fingerprint density at radius 3 is 2.24 bits per heavy atom. The number of nitrogens with zero attached hydrogens (tertiary/aromatic N) is 1. The molecular weight excluding hydrogens is 310 g/mol. The van der Waals surface area contributed by atoms with Crippen LogP contribution < -0.4 is 10.5 Å². The fourth-order valence-electron chi connectivity index (χ4n) is 1.53. The van der Waals surface area contributed by atoms with Crippen LogP contribution in [0.3, 0.4) is 0 Å². The molecule has 6 nitrogen and oxygen atoms in total. The van der Waals surface area contributed by atoms with Crippen molar-refractivity contribution in [2.45, 2.75) is 18.7 Å². The maximum Gasteiger partial charge on any atom is 0.238 e. The first-order valence-corrected chi connectivity index (χ1v) is 7.99. The van der Waals surface area contributed by atoms with Crippen molar-refractivity contribution >= 4 is 38.7 Å². The second kappa shape index (κ2) is 6.76. The molecule has 0 heterocycles. The van der Waals surface area contributed by atoms with Gasteiger partial charge in [0.05, 0.1) is 11.0 Å². The summed E-state index contributed by atoms with van der Waals surface area (Å²) >= 11 is 5.06. The quantitative estimate of drug-likeness (QED) is 0.792. The SMILES string of the molecule is CC(C)C(=O)C(C#N)C(=S)Nc1ccc(S(N)(=O)=O)cc1. The third-order valence-electron chi connectivity index (χ3n) is 2.70. The number of hydrogen-bond acceptors (Lipinski definition) is 5. The van der Waals surface area contributed by atoms with E-state index in [1.807, 2.05) is 6.07 Å². The van der Waals surface area contributed by atoms with Gasteiger partial charge in [-0.25, -0.2) is 13.6 Å². The molecule has 0 aromatic heterocycles. The number of benzene rings is 1. The Kier molecular flexibility index (Phi) is 5.54. The maximum absolute atomic E-state index is 11.8. The molecule has 0 spiro atoms. The van der Waals surface area contributed by atoms with E-state index in [4.69, 9.17) is 22.6 Å². The smallest absolute Gasteiger partial charge is 0.238 e. The van der Waals surface area contributed by atoms with Crippen LogP contribution in [0.5, 0.6) is 0 Å². The number of anilines is 1. The summed E-state index contributed by atoms with van der Waals surface area (Å²) in [6, 6.07) is 7.41. The molecule has 1 aromatic carbocycles. The molecule has 0 radical (unpaired) electrons. The Hall–Kier alpha value is -1.82. The molecule has 0 aliphatic heterocycles. The van der Waals surface area contributed by atoms with E-state index in [0.717, 1.165) is 0 Å². The van der Waals surface area contributed by atoms with E-state index in [2.05, 4.69) is 5.32 Å². The number of rotatable bonds is 5. The summed E-state index contributed by atoms with van der Waals surface area (Å²) in [5.74, 6) is -1.60. The van der Waals surface area contributed by atoms with Gasteiger partial charge in [-0.3, -0.25) is 4.79 Å². The molecule has 1 aromatic rings. The lowest BCUT2D eigenvalue weighted by molar-refractivity contribution is -0.122. The van der Waals surface area contributed by atoms with Crippen molar-refractivity contribution in [3.8, 4) is 6.07 Å². The van der Waals surface area contributed by atoms with Gasteiger partial charge >= 0.3 is 0 Å². The Morgan fingerprint density at radius 1 is 1.33 bits per heavy atom. The molecule has 0 saturated carbocycles. The van der Waals surface area contributed by atoms with Crippen LogP contribution in [-0.2, 0) is 14.8 Å². The van der Waals surface area contributed by atoms with E-state index < -0.39 is 15.9 Å². The first-order valence-electron chi connectivity index (χ1n) is 6.04. The Balaban J connectivity index is 2.89. The average Bonchev–Trinajstić information content (AvgIpc) is 2.38. The molecule has 0 aliphatic carbocycles. The number of nitrogens with two attached hydrogens (primary N) is 1. The molecule has 0 fully saturated rings. The first-order chi connectivity index (χ1) is 9.66. The number of ketones is 1. The highest BCUT2D eigenvalue weighted by Crippen LogP contribution is 2.16. The van der Waals surface area contributed by atoms with Crippen LogP contribution in [0.1, 0.15) is 13.8 Å². The number of nitrogens with one attached hydrogen (secondary N) is 1. The highest BCUT2D eigenvalue weighted by molar-refractivity contribution is 7.89. The number of nitriles is 1. The molecule has 21 heavy (non-hydrogen) atoms. The number of thiocarbonyl (C=S) groups is 1. The minimum Gasteiger partial charge on any atom is -0.349 e. The van der Waals surface area contributed by atoms with Crippen LogP contribution in [0, 0.1) is 23.2 Å². The van der Waals surface area contributed by atoms with Gasteiger partial charge in [0, 0.05) is 11.6 Å². The number of hydrogen-bond donors (Lipinski definition) is 2. The summed E-state index contributed by atoms with van der Waals surface area (Å²) in [6.45, 7) is 3.38. The summed E-state index contributed by atoms with van der Waals surface area (Å²) < 4.78 is 22.3. The van der Waals surface area contributed by atoms with Crippen molar-refractivity contribution in [1.29, 1.82) is 5.26 Å². The average molecular weight is 325 g/mol. The largest absolute Gasteiger partial charge is 0.349 e. The summed E-state index contributed by atoms with van der Waals surface area (Å²) in [5.41, 5.74) is 0.476. The topological polar surface area (TPSA) is 113 Å². The predicted octanol–water partition coefficient (Wildman–Crippen LogP) is 1.44. The minimum atomic E-state index is -3.76. The molecule has 0 aliphatic rings. The highest BCUT2D eigenvalue weighted by Gasteiger charge is 2.25. The van der Waals surface area contributed by atoms with Gasteiger partial charge in [-0.15, -0.1) is 0 Å². The van der Waals surface area contributed by atoms with Gasteiger partial charge in [0.1, 0.15) is 4.99 Å². The molecule has 1 unspecified atom stereocenters. The summed E-state index contributed by atoms with van der Waals surface area (Å²) in [5, 5.41) is 16.8. The predicted molar refractivity (Wildman–Crippen MR) is 83.0 cm³/mol. The van der Waals surface area contributed by atoms with Crippen LogP contribution in [0.2, 0.25) is 0 Å². The van der Waals surface area contributed by atoms with E-state index in [1.54, 1.807) is 13.8 Å². The van der Waals surface area contributed by atoms with Crippen molar-refractivity contribution < 1.29 is 13.2 Å². The molecule has 0 saturated heterocycles. The monoisotopic (exact) mass is 325 g/mol. The first kappa shape index (κ1) is 17.2. The molecule has 1 rings (SSSR count). The van der Waals surface area contributed by atoms with Gasteiger partial charge in [0.2, 0.25) is 10.0 Å². The fraction of sp³-hybridized carbons (Fsp3) is 0.308. The second-order valence-corrected chi connectivity index (χ2v) is 6.68. The third-order valence-corrected chi connectivity index (χ3v) is 3.96. The summed E-state index contributed by atoms with van der Waals surface area (Å²) in [6.07, 6.45) is 0. The van der Waals surface area contributed by atoms with Crippen molar-refractivity contribution in [3.63, 3.8) is 0 Å². The standard InChI is InChI=1S/C13H15N3O3S2/c1-8(2)12(17)11(7-14)13(20)16-9-3-5-10(6-4-9)21(15,18)19/h3-6,8,11H,1-2H3,(H,16,20)(H2,15,18,19). The van der Waals surface area contributed by atoms with Crippen molar-refractivity contribution in [1.82, 2.24) is 0 Å². The lowest BCUT2D eigenvalue weighted by Gasteiger charge is -2.14. The molecule has 0 amide bonds. The van der Waals surface area contributed by atoms with Gasteiger partial charge in [-0.2, -0.15) is 5.26 Å². The van der Waals surface area contributed by atoms with Crippen molar-refractivity contribution in [2.24, 2.45) is 17.0 Å². The van der Waals surface area contributed by atoms with E-state index in [1.165, 1.54) is 24.3 Å². The van der Waals surface area contributed by atoms with Crippen LogP contribution in [0.15, 0.2) is 29.2 Å². The number of Topliss-reactive ketones (excluding diaryl/α,β-unsaturated/α-hetero) is 1. The normalized spacial score (nSPS) is 12.5. The van der Waals surface area contributed by atoms with Gasteiger partial charge in [-0.05, 0) is 24.3 Å². The van der Waals surface area contributed by atoms with Crippen molar-refractivity contribution in [2.75, 3.05) is 5.32 Å². The maximum atomic E-state index is 11.8. The van der Waals surface area contributed by atoms with Crippen LogP contribution >= 0.6 is 12.2 Å². The number of carbonyl (C=O) groups excluding carboxylic acids is 1. The van der Waals surface area contributed by atoms with Crippen molar-refractivity contribution in [3.05, 3.63) is 24.3 Å². The van der Waals surface area contributed by atoms with Crippen LogP contribution in [0.4, 0.5) is 5.69 Å². The van der Waals surface area contributed by atoms with E-state index in [-0.39, 0.29) is 21.6 Å². The fourth-order valence-corrected chi connectivity index (χ4v) is 2.33. The molecule has 3 N–H and O–H groups in total. The van der Waals surface area contributed by atoms with Crippen LogP contribution in [0.25, 0.3) is 0 Å². The zero-order valence-electron chi connectivity index (χ0n) is 11.5. The lowest BCUT2D eigenvalue weighted by Crippen LogP contribution is -2.29. The van der Waals surface area contributed by atoms with E-state index >= 15 is 0 Å². The molecule has 112 valence electrons.